The summed E-state index contributed by atoms with van der Waals surface area (Å²) in [6, 6.07) is 3.85. The normalized spacial score (nSPS) is 23.0. The second-order valence-electron chi connectivity index (χ2n) is 5.84. The second kappa shape index (κ2) is 5.86. The zero-order valence-electron chi connectivity index (χ0n) is 13.1. The van der Waals surface area contributed by atoms with E-state index in [1.165, 1.54) is 12.1 Å². The number of carbonyl (C=O) groups excluding carboxylic acids is 1. The lowest BCUT2D eigenvalue weighted by Gasteiger charge is -2.34. The van der Waals surface area contributed by atoms with Crippen LogP contribution in [0.5, 0.6) is 5.75 Å². The molecular formula is C16H16FN3O4. The lowest BCUT2D eigenvalue weighted by molar-refractivity contribution is -0.148. The van der Waals surface area contributed by atoms with Crippen LogP contribution >= 0.6 is 0 Å². The zero-order valence-corrected chi connectivity index (χ0v) is 13.1. The summed E-state index contributed by atoms with van der Waals surface area (Å²) in [5.74, 6) is 0.810. The molecule has 2 aliphatic rings. The number of morpholine rings is 1. The third kappa shape index (κ3) is 2.62. The summed E-state index contributed by atoms with van der Waals surface area (Å²) in [5, 5.41) is 7.81. The van der Waals surface area contributed by atoms with E-state index in [9.17, 15) is 9.18 Å². The molecule has 1 fully saturated rings. The Kier molecular flexibility index (Phi) is 3.68. The minimum absolute atomic E-state index is 0.184. The number of hydrogen-bond acceptors (Lipinski definition) is 6. The van der Waals surface area contributed by atoms with Crippen molar-refractivity contribution in [3.8, 4) is 5.75 Å². The van der Waals surface area contributed by atoms with Crippen LogP contribution in [0.4, 0.5) is 4.39 Å². The Morgan fingerprint density at radius 2 is 2.25 bits per heavy atom. The summed E-state index contributed by atoms with van der Waals surface area (Å²) in [5.41, 5.74) is 0.701. The summed E-state index contributed by atoms with van der Waals surface area (Å²) in [6.07, 6.45) is -0.329. The fourth-order valence-corrected chi connectivity index (χ4v) is 3.06. The highest BCUT2D eigenvalue weighted by Gasteiger charge is 2.39. The lowest BCUT2D eigenvalue weighted by atomic mass is 10.1. The number of nitrogens with zero attached hydrogens (tertiary/aromatic N) is 3. The number of amides is 1. The van der Waals surface area contributed by atoms with E-state index in [1.54, 1.807) is 17.9 Å². The third-order valence-electron chi connectivity index (χ3n) is 4.21. The van der Waals surface area contributed by atoms with E-state index in [2.05, 4.69) is 10.2 Å². The molecule has 0 unspecified atom stereocenters. The van der Waals surface area contributed by atoms with Crippen molar-refractivity contribution in [2.24, 2.45) is 0 Å². The minimum Gasteiger partial charge on any atom is -0.480 e. The number of rotatable bonds is 2. The van der Waals surface area contributed by atoms with Crippen LogP contribution < -0.4 is 4.74 Å². The molecule has 7 nitrogen and oxygen atoms in total. The van der Waals surface area contributed by atoms with Gasteiger partial charge in [0.1, 0.15) is 17.6 Å². The second-order valence-corrected chi connectivity index (χ2v) is 5.84. The predicted octanol–water partition coefficient (Wildman–Crippen LogP) is 1.42. The van der Waals surface area contributed by atoms with Crippen molar-refractivity contribution < 1.29 is 23.1 Å². The van der Waals surface area contributed by atoms with E-state index in [1.807, 2.05) is 0 Å². The first-order valence-corrected chi connectivity index (χ1v) is 7.75. The van der Waals surface area contributed by atoms with Crippen molar-refractivity contribution in [1.82, 2.24) is 15.1 Å². The van der Waals surface area contributed by atoms with E-state index >= 15 is 0 Å². The molecule has 0 aliphatic carbocycles. The van der Waals surface area contributed by atoms with Gasteiger partial charge < -0.3 is 18.8 Å². The van der Waals surface area contributed by atoms with Gasteiger partial charge in [0.15, 0.2) is 6.10 Å². The highest BCUT2D eigenvalue weighted by molar-refractivity contribution is 5.83. The Morgan fingerprint density at radius 3 is 3.04 bits per heavy atom. The zero-order chi connectivity index (χ0) is 16.7. The number of benzene rings is 1. The van der Waals surface area contributed by atoms with Crippen LogP contribution in [0.1, 0.15) is 23.4 Å². The molecule has 0 radical (unpaired) electrons. The van der Waals surface area contributed by atoms with Crippen molar-refractivity contribution >= 4 is 5.91 Å². The molecule has 1 saturated heterocycles. The van der Waals surface area contributed by atoms with Gasteiger partial charge in [0.05, 0.1) is 13.2 Å². The summed E-state index contributed by atoms with van der Waals surface area (Å²) >= 11 is 0. The Bertz CT molecular complexity index is 778. The van der Waals surface area contributed by atoms with Crippen molar-refractivity contribution in [2.75, 3.05) is 19.8 Å². The number of fused-ring (bicyclic) bond motifs is 1. The average Bonchev–Trinajstić information content (AvgIpc) is 3.20. The maximum absolute atomic E-state index is 13.3. The van der Waals surface area contributed by atoms with Crippen LogP contribution in [0.15, 0.2) is 22.6 Å². The van der Waals surface area contributed by atoms with E-state index < -0.39 is 12.1 Å². The van der Waals surface area contributed by atoms with E-state index in [0.717, 1.165) is 0 Å². The molecule has 24 heavy (non-hydrogen) atoms. The highest BCUT2D eigenvalue weighted by atomic mass is 19.1. The molecule has 8 heteroatoms. The Labute approximate surface area is 137 Å². The molecule has 2 aromatic rings. The molecule has 126 valence electrons. The fraction of sp³-hybridized carbons (Fsp3) is 0.438. The van der Waals surface area contributed by atoms with Crippen LogP contribution in [0.2, 0.25) is 0 Å². The highest BCUT2D eigenvalue weighted by Crippen LogP contribution is 2.32. The maximum atomic E-state index is 13.3. The number of carbonyl (C=O) groups is 1. The SMILES string of the molecule is Cc1nnc([C@@H]2COCCN2C(=O)[C@@H]2Cc3cc(F)ccc3O2)o1. The molecule has 1 amide bonds. The van der Waals surface area contributed by atoms with Crippen molar-refractivity contribution in [1.29, 1.82) is 0 Å². The van der Waals surface area contributed by atoms with Gasteiger partial charge in [-0.05, 0) is 18.2 Å². The largest absolute Gasteiger partial charge is 0.480 e. The monoisotopic (exact) mass is 333 g/mol. The van der Waals surface area contributed by atoms with Gasteiger partial charge in [-0.2, -0.15) is 0 Å². The van der Waals surface area contributed by atoms with Crippen LogP contribution in [-0.2, 0) is 16.0 Å². The molecular weight excluding hydrogens is 317 g/mol. The molecule has 2 atom stereocenters. The first-order chi connectivity index (χ1) is 11.6. The topological polar surface area (TPSA) is 77.7 Å². The van der Waals surface area contributed by atoms with Gasteiger partial charge in [-0.15, -0.1) is 10.2 Å². The molecule has 1 aromatic heterocycles. The number of aromatic nitrogens is 2. The standard InChI is InChI=1S/C16H16FN3O4/c1-9-18-19-15(23-9)12-8-22-5-4-20(12)16(21)14-7-10-6-11(17)2-3-13(10)24-14/h2-3,6,12,14H,4-5,7-8H2,1H3/t12-,14-/m0/s1. The molecule has 0 spiro atoms. The summed E-state index contributed by atoms with van der Waals surface area (Å²) in [7, 11) is 0. The lowest BCUT2D eigenvalue weighted by Crippen LogP contribution is -2.49. The summed E-state index contributed by atoms with van der Waals surface area (Å²) < 4.78 is 29.9. The molecule has 3 heterocycles. The van der Waals surface area contributed by atoms with Crippen molar-refractivity contribution in [2.45, 2.75) is 25.5 Å². The number of aryl methyl sites for hydroxylation is 1. The van der Waals surface area contributed by atoms with Crippen LogP contribution in [0, 0.1) is 12.7 Å². The van der Waals surface area contributed by atoms with Crippen LogP contribution in [0.25, 0.3) is 0 Å². The molecule has 0 bridgehead atoms. The van der Waals surface area contributed by atoms with Crippen molar-refractivity contribution in [3.63, 3.8) is 0 Å². The van der Waals surface area contributed by atoms with Gasteiger partial charge in [-0.25, -0.2) is 4.39 Å². The maximum Gasteiger partial charge on any atom is 0.264 e. The first-order valence-electron chi connectivity index (χ1n) is 7.75. The van der Waals surface area contributed by atoms with Gasteiger partial charge in [0.2, 0.25) is 11.8 Å². The van der Waals surface area contributed by atoms with Crippen LogP contribution in [-0.4, -0.2) is 46.9 Å². The minimum atomic E-state index is -0.675. The predicted molar refractivity (Wildman–Crippen MR) is 78.8 cm³/mol. The Morgan fingerprint density at radius 1 is 1.38 bits per heavy atom. The molecule has 0 saturated carbocycles. The Hall–Kier alpha value is -2.48. The molecule has 1 aromatic carbocycles. The van der Waals surface area contributed by atoms with E-state index in [-0.39, 0.29) is 11.7 Å². The van der Waals surface area contributed by atoms with E-state index in [4.69, 9.17) is 13.9 Å². The van der Waals surface area contributed by atoms with Gasteiger partial charge >= 0.3 is 0 Å². The number of halogens is 1. The number of ether oxygens (including phenoxy) is 2. The van der Waals surface area contributed by atoms with Gasteiger partial charge in [0, 0.05) is 25.5 Å². The molecule has 2 aliphatic heterocycles. The first kappa shape index (κ1) is 15.1. The van der Waals surface area contributed by atoms with Gasteiger partial charge in [-0.1, -0.05) is 0 Å². The quantitative estimate of drug-likeness (QED) is 0.827. The van der Waals surface area contributed by atoms with Gasteiger partial charge in [-0.3, -0.25) is 4.79 Å². The fourth-order valence-electron chi connectivity index (χ4n) is 3.06. The molecule has 4 rings (SSSR count). The summed E-state index contributed by atoms with van der Waals surface area (Å²) in [6.45, 7) is 2.83. The Balaban J connectivity index is 1.55. The smallest absolute Gasteiger partial charge is 0.264 e. The average molecular weight is 333 g/mol. The van der Waals surface area contributed by atoms with E-state index in [0.29, 0.717) is 49.3 Å². The number of hydrogen-bond donors (Lipinski definition) is 0. The van der Waals surface area contributed by atoms with Crippen LogP contribution in [0.3, 0.4) is 0 Å². The van der Waals surface area contributed by atoms with Gasteiger partial charge in [0.25, 0.3) is 5.91 Å². The third-order valence-corrected chi connectivity index (χ3v) is 4.21. The summed E-state index contributed by atoms with van der Waals surface area (Å²) in [4.78, 5) is 14.5. The van der Waals surface area contributed by atoms with Crippen molar-refractivity contribution in [3.05, 3.63) is 41.4 Å². The molecule has 0 N–H and O–H groups in total.